The van der Waals surface area contributed by atoms with Gasteiger partial charge in [-0.2, -0.15) is 5.26 Å². The molecule has 3 heterocycles. The Balaban J connectivity index is 1.82. The number of thioether (sulfide) groups is 1. The number of hydrogen-bond acceptors (Lipinski definition) is 6. The van der Waals surface area contributed by atoms with Crippen molar-refractivity contribution >= 4 is 40.0 Å². The SMILES string of the molecule is N#Cc1cccc(-c2cncc3cc(/C=C4\SC(=O)NC4=O)oc23)c1. The van der Waals surface area contributed by atoms with Gasteiger partial charge in [0.25, 0.3) is 11.1 Å². The second-order valence-corrected chi connectivity index (χ2v) is 6.31. The molecule has 120 valence electrons. The molecular weight excluding hydrogens is 338 g/mol. The lowest BCUT2D eigenvalue weighted by Crippen LogP contribution is -2.17. The maximum absolute atomic E-state index is 11.7. The van der Waals surface area contributed by atoms with Gasteiger partial charge in [-0.05, 0) is 35.5 Å². The highest BCUT2D eigenvalue weighted by molar-refractivity contribution is 8.18. The number of benzene rings is 1. The van der Waals surface area contributed by atoms with E-state index in [0.717, 1.165) is 28.3 Å². The summed E-state index contributed by atoms with van der Waals surface area (Å²) >= 11 is 0.834. The van der Waals surface area contributed by atoms with Gasteiger partial charge in [0.05, 0.1) is 16.5 Å². The van der Waals surface area contributed by atoms with Crippen molar-refractivity contribution in [2.45, 2.75) is 0 Å². The van der Waals surface area contributed by atoms with Crippen molar-refractivity contribution in [3.05, 3.63) is 59.0 Å². The highest BCUT2D eigenvalue weighted by atomic mass is 32.2. The molecule has 0 bridgehead atoms. The van der Waals surface area contributed by atoms with Gasteiger partial charge in [-0.3, -0.25) is 19.9 Å². The molecule has 0 spiro atoms. The van der Waals surface area contributed by atoms with Crippen LogP contribution in [0.25, 0.3) is 28.2 Å². The van der Waals surface area contributed by atoms with Crippen LogP contribution in [-0.4, -0.2) is 16.1 Å². The average Bonchev–Trinajstić information content (AvgIpc) is 3.17. The normalized spacial score (nSPS) is 15.6. The lowest BCUT2D eigenvalue weighted by Gasteiger charge is -2.02. The van der Waals surface area contributed by atoms with Crippen molar-refractivity contribution < 1.29 is 14.0 Å². The fourth-order valence-corrected chi connectivity index (χ4v) is 3.23. The summed E-state index contributed by atoms with van der Waals surface area (Å²) in [6, 6.07) is 11.0. The third-order valence-corrected chi connectivity index (χ3v) is 4.47. The number of carbonyl (C=O) groups is 2. The fourth-order valence-electron chi connectivity index (χ4n) is 2.57. The number of fused-ring (bicyclic) bond motifs is 1. The Morgan fingerprint density at radius 1 is 1.24 bits per heavy atom. The summed E-state index contributed by atoms with van der Waals surface area (Å²) in [6.07, 6.45) is 4.85. The first-order valence-corrected chi connectivity index (χ1v) is 8.08. The topological polar surface area (TPSA) is 96.0 Å². The Bertz CT molecular complexity index is 1110. The van der Waals surface area contributed by atoms with Gasteiger partial charge in [-0.25, -0.2) is 0 Å². The molecule has 0 radical (unpaired) electrons. The summed E-state index contributed by atoms with van der Waals surface area (Å²) in [5.74, 6) is 0.0172. The zero-order valence-corrected chi connectivity index (χ0v) is 13.5. The third-order valence-electron chi connectivity index (χ3n) is 3.66. The second-order valence-electron chi connectivity index (χ2n) is 5.30. The van der Waals surface area contributed by atoms with Gasteiger partial charge in [0.1, 0.15) is 11.3 Å². The number of imide groups is 1. The van der Waals surface area contributed by atoms with Crippen LogP contribution in [0.2, 0.25) is 0 Å². The number of nitrogens with one attached hydrogen (secondary N) is 1. The van der Waals surface area contributed by atoms with E-state index in [4.69, 9.17) is 9.68 Å². The molecule has 4 rings (SSSR count). The summed E-state index contributed by atoms with van der Waals surface area (Å²) in [6.45, 7) is 0. The number of furan rings is 1. The fraction of sp³-hybridized carbons (Fsp3) is 0. The largest absolute Gasteiger partial charge is 0.456 e. The van der Waals surface area contributed by atoms with E-state index in [1.54, 1.807) is 36.7 Å². The number of pyridine rings is 1. The monoisotopic (exact) mass is 347 g/mol. The van der Waals surface area contributed by atoms with Gasteiger partial charge in [-0.1, -0.05) is 12.1 Å². The average molecular weight is 347 g/mol. The molecule has 1 aliphatic heterocycles. The molecule has 2 amide bonds. The van der Waals surface area contributed by atoms with Crippen LogP contribution in [0.4, 0.5) is 4.79 Å². The molecule has 6 nitrogen and oxygen atoms in total. The number of amides is 2. The van der Waals surface area contributed by atoms with E-state index >= 15 is 0 Å². The Morgan fingerprint density at radius 2 is 2.12 bits per heavy atom. The number of hydrogen-bond donors (Lipinski definition) is 1. The highest BCUT2D eigenvalue weighted by Gasteiger charge is 2.25. The van der Waals surface area contributed by atoms with E-state index in [9.17, 15) is 9.59 Å². The van der Waals surface area contributed by atoms with Crippen LogP contribution in [0.15, 0.2) is 52.0 Å². The predicted molar refractivity (Wildman–Crippen MR) is 93.3 cm³/mol. The summed E-state index contributed by atoms with van der Waals surface area (Å²) < 4.78 is 5.87. The van der Waals surface area contributed by atoms with Crippen molar-refractivity contribution in [1.82, 2.24) is 10.3 Å². The van der Waals surface area contributed by atoms with Crippen LogP contribution in [0.3, 0.4) is 0 Å². The van der Waals surface area contributed by atoms with E-state index in [-0.39, 0.29) is 4.91 Å². The number of nitriles is 1. The second kappa shape index (κ2) is 5.92. The number of rotatable bonds is 2. The van der Waals surface area contributed by atoms with E-state index in [1.165, 1.54) is 6.08 Å². The number of nitrogens with zero attached hydrogens (tertiary/aromatic N) is 2. The van der Waals surface area contributed by atoms with Gasteiger partial charge >= 0.3 is 0 Å². The maximum Gasteiger partial charge on any atom is 0.290 e. The van der Waals surface area contributed by atoms with Crippen LogP contribution in [-0.2, 0) is 4.79 Å². The van der Waals surface area contributed by atoms with Crippen LogP contribution < -0.4 is 5.32 Å². The molecule has 3 aromatic rings. The van der Waals surface area contributed by atoms with E-state index in [0.29, 0.717) is 16.9 Å². The first-order valence-electron chi connectivity index (χ1n) is 7.27. The quantitative estimate of drug-likeness (QED) is 0.710. The Morgan fingerprint density at radius 3 is 2.88 bits per heavy atom. The van der Waals surface area contributed by atoms with Crippen molar-refractivity contribution in [1.29, 1.82) is 5.26 Å². The van der Waals surface area contributed by atoms with E-state index in [2.05, 4.69) is 16.4 Å². The minimum absolute atomic E-state index is 0.282. The molecule has 0 saturated carbocycles. The maximum atomic E-state index is 11.7. The predicted octanol–water partition coefficient (Wildman–Crippen LogP) is 3.69. The zero-order chi connectivity index (χ0) is 17.4. The van der Waals surface area contributed by atoms with Crippen LogP contribution in [0.5, 0.6) is 0 Å². The first kappa shape index (κ1) is 15.2. The zero-order valence-electron chi connectivity index (χ0n) is 12.6. The molecule has 1 aliphatic rings. The smallest absolute Gasteiger partial charge is 0.290 e. The summed E-state index contributed by atoms with van der Waals surface area (Å²) in [5, 5.41) is 11.6. The van der Waals surface area contributed by atoms with Crippen LogP contribution in [0, 0.1) is 11.3 Å². The van der Waals surface area contributed by atoms with Gasteiger partial charge < -0.3 is 4.42 Å². The van der Waals surface area contributed by atoms with Crippen LogP contribution in [0.1, 0.15) is 11.3 Å². The summed E-state index contributed by atoms with van der Waals surface area (Å²) in [7, 11) is 0. The van der Waals surface area contributed by atoms with Crippen molar-refractivity contribution in [3.8, 4) is 17.2 Å². The summed E-state index contributed by atoms with van der Waals surface area (Å²) in [4.78, 5) is 27.4. The third kappa shape index (κ3) is 2.79. The lowest BCUT2D eigenvalue weighted by molar-refractivity contribution is -0.115. The van der Waals surface area contributed by atoms with E-state index in [1.807, 2.05) is 6.07 Å². The molecule has 1 aromatic carbocycles. The number of aromatic nitrogens is 1. The molecule has 25 heavy (non-hydrogen) atoms. The highest BCUT2D eigenvalue weighted by Crippen LogP contribution is 2.33. The van der Waals surface area contributed by atoms with Crippen molar-refractivity contribution in [2.24, 2.45) is 0 Å². The van der Waals surface area contributed by atoms with Gasteiger partial charge in [0.15, 0.2) is 0 Å². The Labute approximate surface area is 146 Å². The molecule has 0 aliphatic carbocycles. The molecule has 0 atom stereocenters. The first-order chi connectivity index (χ1) is 12.1. The van der Waals surface area contributed by atoms with Gasteiger partial charge in [-0.15, -0.1) is 0 Å². The van der Waals surface area contributed by atoms with Crippen LogP contribution >= 0.6 is 11.8 Å². The lowest BCUT2D eigenvalue weighted by atomic mass is 10.0. The van der Waals surface area contributed by atoms with Crippen molar-refractivity contribution in [3.63, 3.8) is 0 Å². The van der Waals surface area contributed by atoms with E-state index < -0.39 is 11.1 Å². The molecule has 2 aromatic heterocycles. The Hall–Kier alpha value is -3.37. The van der Waals surface area contributed by atoms with Crippen molar-refractivity contribution in [2.75, 3.05) is 0 Å². The summed E-state index contributed by atoms with van der Waals surface area (Å²) in [5.41, 5.74) is 2.71. The van der Waals surface area contributed by atoms with Gasteiger partial charge in [0, 0.05) is 29.4 Å². The molecule has 1 N–H and O–H groups in total. The minimum Gasteiger partial charge on any atom is -0.456 e. The molecule has 1 saturated heterocycles. The molecule has 0 unspecified atom stereocenters. The minimum atomic E-state index is -0.435. The standard InChI is InChI=1S/C18H9N3O3S/c19-7-10-2-1-3-11(4-10)14-9-20-8-12-5-13(24-16(12)14)6-15-17(22)21-18(23)25-15/h1-6,8-9H,(H,21,22,23)/b15-6-. The molecule has 1 fully saturated rings. The Kier molecular flexibility index (Phi) is 3.60. The number of carbonyl (C=O) groups excluding carboxylic acids is 2. The van der Waals surface area contributed by atoms with Gasteiger partial charge in [0.2, 0.25) is 0 Å². The molecule has 7 heteroatoms. The molecular formula is C18H9N3O3S.